The van der Waals surface area contributed by atoms with E-state index in [2.05, 4.69) is 11.4 Å². The average molecular weight is 302 g/mol. The number of nitrogens with one attached hydrogen (secondary N) is 1. The van der Waals surface area contributed by atoms with E-state index in [1.165, 1.54) is 5.56 Å². The normalized spacial score (nSPS) is 26.6. The highest BCUT2D eigenvalue weighted by Crippen LogP contribution is 2.54. The lowest BCUT2D eigenvalue weighted by molar-refractivity contribution is -0.120. The van der Waals surface area contributed by atoms with E-state index < -0.39 is 17.7 Å². The molecule has 0 radical (unpaired) electrons. The molecule has 1 heterocycles. The van der Waals surface area contributed by atoms with Crippen LogP contribution in [0, 0.1) is 5.92 Å². The Bertz CT molecular complexity index is 621. The minimum absolute atomic E-state index is 0.0803. The summed E-state index contributed by atoms with van der Waals surface area (Å²) in [5.74, 6) is 0.416. The van der Waals surface area contributed by atoms with Gasteiger partial charge in [0.05, 0.1) is 0 Å². The lowest BCUT2D eigenvalue weighted by Crippen LogP contribution is -2.49. The van der Waals surface area contributed by atoms with E-state index in [-0.39, 0.29) is 11.8 Å². The maximum absolute atomic E-state index is 12.7. The first-order valence-electron chi connectivity index (χ1n) is 7.64. The van der Waals surface area contributed by atoms with E-state index in [9.17, 15) is 9.59 Å². The van der Waals surface area contributed by atoms with E-state index in [4.69, 9.17) is 4.74 Å². The number of rotatable bonds is 1. The van der Waals surface area contributed by atoms with Crippen molar-refractivity contribution in [2.24, 2.45) is 5.92 Å². The zero-order valence-corrected chi connectivity index (χ0v) is 13.4. The van der Waals surface area contributed by atoms with Crippen LogP contribution >= 0.6 is 0 Å². The van der Waals surface area contributed by atoms with Gasteiger partial charge in [-0.25, -0.2) is 4.79 Å². The first-order valence-corrected chi connectivity index (χ1v) is 7.64. The molecular weight excluding hydrogens is 280 g/mol. The number of ether oxygens (including phenoxy) is 1. The van der Waals surface area contributed by atoms with Gasteiger partial charge in [0.2, 0.25) is 5.91 Å². The van der Waals surface area contributed by atoms with Crippen molar-refractivity contribution < 1.29 is 14.3 Å². The Labute approximate surface area is 130 Å². The van der Waals surface area contributed by atoms with Gasteiger partial charge in [-0.15, -0.1) is 0 Å². The number of carbonyl (C=O) groups is 2. The number of hydrogen-bond donors (Lipinski definition) is 1. The molecule has 118 valence electrons. The first kappa shape index (κ1) is 14.9. The molecule has 1 fully saturated rings. The summed E-state index contributed by atoms with van der Waals surface area (Å²) in [4.78, 5) is 26.4. The zero-order chi connectivity index (χ0) is 16.1. The standard InChI is InChI=1S/C17H22N2O3/c1-17(2,3)22-16(21)18-14-12-9-11(12)10-7-5-6-8-13(10)19(4)15(14)20/h5-8,11-12,14H,9H2,1-4H3,(H,18,21)/t11-,12-,14?/m0/s1. The molecule has 0 bridgehead atoms. The molecule has 1 unspecified atom stereocenters. The quantitative estimate of drug-likeness (QED) is 0.867. The topological polar surface area (TPSA) is 58.6 Å². The maximum Gasteiger partial charge on any atom is 0.408 e. The van der Waals surface area contributed by atoms with Gasteiger partial charge in [-0.3, -0.25) is 4.79 Å². The summed E-state index contributed by atoms with van der Waals surface area (Å²) >= 11 is 0. The third-order valence-corrected chi connectivity index (χ3v) is 4.23. The van der Waals surface area contributed by atoms with Gasteiger partial charge in [0.25, 0.3) is 0 Å². The second kappa shape index (κ2) is 5.00. The van der Waals surface area contributed by atoms with Gasteiger partial charge in [0.1, 0.15) is 11.6 Å². The molecule has 2 amide bonds. The Morgan fingerprint density at radius 3 is 2.68 bits per heavy atom. The van der Waals surface area contributed by atoms with Crippen LogP contribution in [0.2, 0.25) is 0 Å². The van der Waals surface area contributed by atoms with E-state index in [1.54, 1.807) is 11.9 Å². The van der Waals surface area contributed by atoms with Crippen LogP contribution in [0.15, 0.2) is 24.3 Å². The van der Waals surface area contributed by atoms with Crippen LogP contribution < -0.4 is 10.2 Å². The second-order valence-corrected chi connectivity index (χ2v) is 7.09. The molecule has 1 saturated carbocycles. The molecule has 22 heavy (non-hydrogen) atoms. The third-order valence-electron chi connectivity index (χ3n) is 4.23. The Morgan fingerprint density at radius 2 is 2.00 bits per heavy atom. The highest BCUT2D eigenvalue weighted by Gasteiger charge is 2.52. The van der Waals surface area contributed by atoms with Gasteiger partial charge < -0.3 is 15.0 Å². The lowest BCUT2D eigenvalue weighted by Gasteiger charge is -2.25. The molecule has 0 spiro atoms. The minimum Gasteiger partial charge on any atom is -0.444 e. The first-order chi connectivity index (χ1) is 10.3. The number of fused-ring (bicyclic) bond motifs is 3. The van der Waals surface area contributed by atoms with Crippen LogP contribution in [-0.4, -0.2) is 30.7 Å². The summed E-state index contributed by atoms with van der Waals surface area (Å²) in [6.07, 6.45) is 0.396. The van der Waals surface area contributed by atoms with Crippen LogP contribution in [0.25, 0.3) is 0 Å². The fourth-order valence-electron chi connectivity index (χ4n) is 3.16. The SMILES string of the molecule is CN1C(=O)C(NC(=O)OC(C)(C)C)[C@H]2C[C@H]2c2ccccc21. The minimum atomic E-state index is -0.574. The molecule has 0 aromatic heterocycles. The molecule has 1 aromatic rings. The number of hydrogen-bond acceptors (Lipinski definition) is 3. The van der Waals surface area contributed by atoms with Crippen molar-refractivity contribution in [3.63, 3.8) is 0 Å². The Hall–Kier alpha value is -2.04. The highest BCUT2D eigenvalue weighted by atomic mass is 16.6. The van der Waals surface area contributed by atoms with Crippen molar-refractivity contribution in [3.8, 4) is 0 Å². The number of amides is 2. The Kier molecular flexibility index (Phi) is 3.38. The van der Waals surface area contributed by atoms with Gasteiger partial charge in [-0.2, -0.15) is 0 Å². The number of carbonyl (C=O) groups excluding carboxylic acids is 2. The molecule has 5 heteroatoms. The summed E-state index contributed by atoms with van der Waals surface area (Å²) in [5.41, 5.74) is 1.56. The van der Waals surface area contributed by atoms with Crippen LogP contribution in [-0.2, 0) is 9.53 Å². The van der Waals surface area contributed by atoms with Crippen molar-refractivity contribution in [1.29, 1.82) is 0 Å². The molecule has 2 aliphatic rings. The molecular formula is C17H22N2O3. The maximum atomic E-state index is 12.7. The van der Waals surface area contributed by atoms with E-state index in [0.29, 0.717) is 5.92 Å². The number of nitrogens with zero attached hydrogens (tertiary/aromatic N) is 1. The predicted octanol–water partition coefficient (Wildman–Crippen LogP) is 2.66. The van der Waals surface area contributed by atoms with Crippen molar-refractivity contribution in [2.75, 3.05) is 11.9 Å². The summed E-state index contributed by atoms with van der Waals surface area (Å²) in [6, 6.07) is 7.44. The van der Waals surface area contributed by atoms with E-state index in [1.807, 2.05) is 39.0 Å². The predicted molar refractivity (Wildman–Crippen MR) is 83.9 cm³/mol. The molecule has 1 aliphatic heterocycles. The number of likely N-dealkylation sites (N-methyl/N-ethyl adjacent to an activating group) is 1. The lowest BCUT2D eigenvalue weighted by atomic mass is 10.1. The fourth-order valence-corrected chi connectivity index (χ4v) is 3.16. The average Bonchev–Trinajstić information content (AvgIpc) is 3.21. The second-order valence-electron chi connectivity index (χ2n) is 7.09. The van der Waals surface area contributed by atoms with Gasteiger partial charge in [-0.05, 0) is 50.7 Å². The molecule has 3 rings (SSSR count). The monoisotopic (exact) mass is 302 g/mol. The van der Waals surface area contributed by atoms with E-state index in [0.717, 1.165) is 12.1 Å². The van der Waals surface area contributed by atoms with Gasteiger partial charge in [-0.1, -0.05) is 18.2 Å². The van der Waals surface area contributed by atoms with Crippen LogP contribution in [0.3, 0.4) is 0 Å². The Morgan fingerprint density at radius 1 is 1.32 bits per heavy atom. The number of alkyl carbamates (subject to hydrolysis) is 1. The smallest absolute Gasteiger partial charge is 0.408 e. The van der Waals surface area contributed by atoms with Crippen LogP contribution in [0.5, 0.6) is 0 Å². The molecule has 1 N–H and O–H groups in total. The van der Waals surface area contributed by atoms with Crippen molar-refractivity contribution in [2.45, 2.75) is 44.8 Å². The summed E-state index contributed by atoms with van der Waals surface area (Å²) in [6.45, 7) is 5.43. The van der Waals surface area contributed by atoms with Crippen molar-refractivity contribution >= 4 is 17.7 Å². The number of para-hydroxylation sites is 1. The Balaban J connectivity index is 1.81. The van der Waals surface area contributed by atoms with Crippen LogP contribution in [0.4, 0.5) is 10.5 Å². The third kappa shape index (κ3) is 2.67. The van der Waals surface area contributed by atoms with Crippen molar-refractivity contribution in [1.82, 2.24) is 5.32 Å². The van der Waals surface area contributed by atoms with Gasteiger partial charge >= 0.3 is 6.09 Å². The molecule has 0 saturated heterocycles. The van der Waals surface area contributed by atoms with Crippen molar-refractivity contribution in [3.05, 3.63) is 29.8 Å². The molecule has 5 nitrogen and oxygen atoms in total. The highest BCUT2D eigenvalue weighted by molar-refractivity contribution is 6.00. The zero-order valence-electron chi connectivity index (χ0n) is 13.4. The number of anilines is 1. The van der Waals surface area contributed by atoms with Gasteiger partial charge in [0, 0.05) is 12.7 Å². The largest absolute Gasteiger partial charge is 0.444 e. The molecule has 3 atom stereocenters. The van der Waals surface area contributed by atoms with Crippen LogP contribution in [0.1, 0.15) is 38.7 Å². The summed E-state index contributed by atoms with van der Waals surface area (Å²) in [5, 5.41) is 2.77. The van der Waals surface area contributed by atoms with Gasteiger partial charge in [0.15, 0.2) is 0 Å². The van der Waals surface area contributed by atoms with E-state index >= 15 is 0 Å². The summed E-state index contributed by atoms with van der Waals surface area (Å²) in [7, 11) is 1.76. The molecule has 1 aliphatic carbocycles. The molecule has 1 aromatic carbocycles. The number of benzene rings is 1. The fraction of sp³-hybridized carbons (Fsp3) is 0.529. The summed E-state index contributed by atoms with van der Waals surface area (Å²) < 4.78 is 5.29.